The number of amides is 1. The second-order valence-electron chi connectivity index (χ2n) is 6.48. The van der Waals surface area contributed by atoms with Crippen molar-refractivity contribution in [3.63, 3.8) is 0 Å². The van der Waals surface area contributed by atoms with Crippen molar-refractivity contribution in [1.82, 2.24) is 19.1 Å². The summed E-state index contributed by atoms with van der Waals surface area (Å²) in [6.45, 7) is 1.77. The summed E-state index contributed by atoms with van der Waals surface area (Å²) in [7, 11) is 1.62. The first-order valence-corrected chi connectivity index (χ1v) is 9.43. The fraction of sp³-hybridized carbons (Fsp3) is 0.158. The minimum Gasteiger partial charge on any atom is -0.320 e. The van der Waals surface area contributed by atoms with Gasteiger partial charge in [-0.1, -0.05) is 0 Å². The normalized spacial score (nSPS) is 11.2. The number of aromatic nitrogens is 4. The maximum atomic E-state index is 13.4. The van der Waals surface area contributed by atoms with Crippen molar-refractivity contribution in [2.45, 2.75) is 13.5 Å². The summed E-state index contributed by atoms with van der Waals surface area (Å²) in [5.74, 6) is -2.22. The summed E-state index contributed by atoms with van der Waals surface area (Å²) in [5, 5.41) is 4.67. The number of anilines is 1. The molecule has 4 rings (SSSR count). The average Bonchev–Trinajstić information content (AvgIpc) is 3.30. The van der Waals surface area contributed by atoms with Gasteiger partial charge in [0.05, 0.1) is 17.5 Å². The summed E-state index contributed by atoms with van der Waals surface area (Å²) in [4.78, 5) is 32.8. The minimum absolute atomic E-state index is 0.0182. The number of benzene rings is 1. The molecule has 0 saturated heterocycles. The molecule has 3 aromatic heterocycles. The molecule has 7 nitrogen and oxygen atoms in total. The van der Waals surface area contributed by atoms with Crippen LogP contribution in [0.1, 0.15) is 5.56 Å². The van der Waals surface area contributed by atoms with E-state index in [-0.39, 0.29) is 18.0 Å². The van der Waals surface area contributed by atoms with Crippen LogP contribution in [0.25, 0.3) is 22.4 Å². The van der Waals surface area contributed by atoms with Gasteiger partial charge in [0.1, 0.15) is 6.54 Å². The molecule has 3 heterocycles. The van der Waals surface area contributed by atoms with Gasteiger partial charge < -0.3 is 9.88 Å². The second kappa shape index (κ2) is 7.21. The van der Waals surface area contributed by atoms with Crippen molar-refractivity contribution < 1.29 is 13.6 Å². The first-order chi connectivity index (χ1) is 13.8. The molecule has 0 saturated carbocycles. The van der Waals surface area contributed by atoms with Gasteiger partial charge in [0.2, 0.25) is 5.91 Å². The molecular formula is C19H15F2N5O2S. The molecule has 0 aliphatic heterocycles. The van der Waals surface area contributed by atoms with Crippen LogP contribution < -0.4 is 10.9 Å². The molecule has 4 aromatic rings. The van der Waals surface area contributed by atoms with Gasteiger partial charge in [-0.05, 0) is 30.7 Å². The Hall–Kier alpha value is -3.40. The number of imidazole rings is 1. The zero-order chi connectivity index (χ0) is 20.7. The molecule has 1 amide bonds. The first-order valence-electron chi connectivity index (χ1n) is 8.56. The maximum absolute atomic E-state index is 13.4. The van der Waals surface area contributed by atoms with E-state index in [0.717, 1.165) is 17.7 Å². The van der Waals surface area contributed by atoms with Gasteiger partial charge in [-0.3, -0.25) is 14.2 Å². The molecule has 148 valence electrons. The Balaban J connectivity index is 1.53. The monoisotopic (exact) mass is 415 g/mol. The summed E-state index contributed by atoms with van der Waals surface area (Å²) in [5.41, 5.74) is 2.60. The molecule has 0 bridgehead atoms. The van der Waals surface area contributed by atoms with Crippen LogP contribution in [-0.4, -0.2) is 25.0 Å². The lowest BCUT2D eigenvalue weighted by molar-refractivity contribution is -0.116. The van der Waals surface area contributed by atoms with Crippen LogP contribution in [0.3, 0.4) is 0 Å². The van der Waals surface area contributed by atoms with Gasteiger partial charge in [-0.25, -0.2) is 18.7 Å². The van der Waals surface area contributed by atoms with Crippen LogP contribution in [0, 0.1) is 18.6 Å². The number of fused-ring (bicyclic) bond motifs is 1. The lowest BCUT2D eigenvalue weighted by Crippen LogP contribution is -2.20. The largest absolute Gasteiger partial charge is 0.320 e. The van der Waals surface area contributed by atoms with Crippen LogP contribution in [0.2, 0.25) is 0 Å². The van der Waals surface area contributed by atoms with Gasteiger partial charge in [0.25, 0.3) is 5.56 Å². The van der Waals surface area contributed by atoms with E-state index >= 15 is 0 Å². The molecule has 0 aliphatic rings. The Morgan fingerprint density at radius 3 is 2.79 bits per heavy atom. The van der Waals surface area contributed by atoms with Gasteiger partial charge in [0.15, 0.2) is 22.4 Å². The predicted molar refractivity (Wildman–Crippen MR) is 106 cm³/mol. The van der Waals surface area contributed by atoms with Gasteiger partial charge in [-0.2, -0.15) is 0 Å². The molecule has 1 N–H and O–H groups in total. The Bertz CT molecular complexity index is 1310. The van der Waals surface area contributed by atoms with Crippen molar-refractivity contribution >= 4 is 33.5 Å². The number of carbonyl (C=O) groups is 1. The van der Waals surface area contributed by atoms with E-state index in [9.17, 15) is 18.4 Å². The molecule has 0 fully saturated rings. The number of nitrogens with zero attached hydrogens (tertiary/aromatic N) is 4. The number of aryl methyl sites for hydroxylation is 2. The third kappa shape index (κ3) is 3.54. The highest BCUT2D eigenvalue weighted by atomic mass is 32.1. The quantitative estimate of drug-likeness (QED) is 0.555. The van der Waals surface area contributed by atoms with Crippen molar-refractivity contribution in [2.75, 3.05) is 5.32 Å². The smallest absolute Gasteiger partial charge is 0.252 e. The molecule has 10 heteroatoms. The number of thiazole rings is 1. The van der Waals surface area contributed by atoms with E-state index in [2.05, 4.69) is 15.3 Å². The lowest BCUT2D eigenvalue weighted by Gasteiger charge is -2.07. The standard InChI is InChI=1S/C19H15F2N5O2S/c1-10-5-16(28)25(2)18-17(10)26(9-22-18)7-15(27)24-19-23-14(8-29-19)11-3-4-12(20)13(21)6-11/h3-6,8-9H,7H2,1-2H3,(H,23,24,27). The van der Waals surface area contributed by atoms with Gasteiger partial charge in [0, 0.05) is 24.1 Å². The van der Waals surface area contributed by atoms with E-state index in [1.807, 2.05) is 0 Å². The Labute approximate surface area is 167 Å². The molecule has 1 aromatic carbocycles. The number of hydrogen-bond acceptors (Lipinski definition) is 5. The van der Waals surface area contributed by atoms with Crippen molar-refractivity contribution in [1.29, 1.82) is 0 Å². The highest BCUT2D eigenvalue weighted by Gasteiger charge is 2.14. The molecule has 0 radical (unpaired) electrons. The number of rotatable bonds is 4. The van der Waals surface area contributed by atoms with Crippen molar-refractivity contribution in [2.24, 2.45) is 7.05 Å². The molecule has 0 atom stereocenters. The number of nitrogens with one attached hydrogen (secondary N) is 1. The summed E-state index contributed by atoms with van der Waals surface area (Å²) >= 11 is 1.18. The van der Waals surface area contributed by atoms with E-state index in [1.54, 1.807) is 23.9 Å². The highest BCUT2D eigenvalue weighted by molar-refractivity contribution is 7.14. The van der Waals surface area contributed by atoms with E-state index in [1.165, 1.54) is 34.4 Å². The van der Waals surface area contributed by atoms with Gasteiger partial charge >= 0.3 is 0 Å². The summed E-state index contributed by atoms with van der Waals surface area (Å²) < 4.78 is 29.6. The summed E-state index contributed by atoms with van der Waals surface area (Å²) in [6.07, 6.45) is 1.51. The van der Waals surface area contributed by atoms with Gasteiger partial charge in [-0.15, -0.1) is 11.3 Å². The number of hydrogen-bond donors (Lipinski definition) is 1. The van der Waals surface area contributed by atoms with E-state index in [0.29, 0.717) is 27.6 Å². The zero-order valence-corrected chi connectivity index (χ0v) is 16.3. The molecule has 0 unspecified atom stereocenters. The topological polar surface area (TPSA) is 81.8 Å². The zero-order valence-electron chi connectivity index (χ0n) is 15.4. The highest BCUT2D eigenvalue weighted by Crippen LogP contribution is 2.26. The van der Waals surface area contributed by atoms with Crippen LogP contribution in [-0.2, 0) is 18.4 Å². The van der Waals surface area contributed by atoms with Crippen molar-refractivity contribution in [3.8, 4) is 11.3 Å². The van der Waals surface area contributed by atoms with Crippen LogP contribution in [0.15, 0.2) is 40.8 Å². The number of halogens is 2. The van der Waals surface area contributed by atoms with Crippen LogP contribution in [0.5, 0.6) is 0 Å². The average molecular weight is 415 g/mol. The Morgan fingerprint density at radius 2 is 2.03 bits per heavy atom. The SMILES string of the molecule is Cc1cc(=O)n(C)c2ncn(CC(=O)Nc3nc(-c4ccc(F)c(F)c4)cs3)c12. The Kier molecular flexibility index (Phi) is 4.71. The van der Waals surface area contributed by atoms with Crippen LogP contribution in [0.4, 0.5) is 13.9 Å². The fourth-order valence-corrected chi connectivity index (χ4v) is 3.76. The molecule has 0 aliphatic carbocycles. The third-order valence-electron chi connectivity index (χ3n) is 4.46. The van der Waals surface area contributed by atoms with Crippen LogP contribution >= 0.6 is 11.3 Å². The van der Waals surface area contributed by atoms with E-state index in [4.69, 9.17) is 0 Å². The molecule has 29 heavy (non-hydrogen) atoms. The molecular weight excluding hydrogens is 400 g/mol. The number of carbonyl (C=O) groups excluding carboxylic acids is 1. The Morgan fingerprint density at radius 1 is 1.24 bits per heavy atom. The maximum Gasteiger partial charge on any atom is 0.252 e. The summed E-state index contributed by atoms with van der Waals surface area (Å²) in [6, 6.07) is 5.00. The minimum atomic E-state index is -0.960. The first kappa shape index (κ1) is 18.9. The number of pyridine rings is 1. The second-order valence-corrected chi connectivity index (χ2v) is 7.34. The molecule has 0 spiro atoms. The van der Waals surface area contributed by atoms with Crippen molar-refractivity contribution in [3.05, 3.63) is 63.5 Å². The van der Waals surface area contributed by atoms with E-state index < -0.39 is 11.6 Å². The third-order valence-corrected chi connectivity index (χ3v) is 5.22. The lowest BCUT2D eigenvalue weighted by atomic mass is 10.2. The fourth-order valence-electron chi connectivity index (χ4n) is 3.03. The predicted octanol–water partition coefficient (Wildman–Crippen LogP) is 3.08.